The third kappa shape index (κ3) is 5.19. The summed E-state index contributed by atoms with van der Waals surface area (Å²) in [6.07, 6.45) is 3.42. The lowest BCUT2D eigenvalue weighted by atomic mass is 10.0. The predicted octanol–water partition coefficient (Wildman–Crippen LogP) is 2.59. The van der Waals surface area contributed by atoms with Crippen LogP contribution in [0.15, 0.2) is 36.7 Å². The monoisotopic (exact) mass is 376 g/mol. The Morgan fingerprint density at radius 2 is 2.00 bits per heavy atom. The Balaban J connectivity index is 0.00000264. The smallest absolute Gasteiger partial charge is 0.225 e. The highest BCUT2D eigenvalue weighted by atomic mass is 35.5. The molecule has 0 saturated heterocycles. The number of nitrogens with zero attached hydrogens (tertiary/aromatic N) is 2. The molecule has 134 valence electrons. The van der Waals surface area contributed by atoms with Crippen LogP contribution in [-0.4, -0.2) is 21.5 Å². The second kappa shape index (κ2) is 9.61. The number of amides is 1. The van der Waals surface area contributed by atoms with E-state index < -0.39 is 6.04 Å². The fourth-order valence-corrected chi connectivity index (χ4v) is 2.15. The number of rotatable bonds is 5. The Labute approximate surface area is 153 Å². The second-order valence-corrected chi connectivity index (χ2v) is 5.54. The fraction of sp³-hybridized carbons (Fsp3) is 0.375. The lowest BCUT2D eigenvalue weighted by Crippen LogP contribution is -2.41. The average Bonchev–Trinajstić information content (AvgIpc) is 2.89. The van der Waals surface area contributed by atoms with E-state index in [1.165, 1.54) is 12.1 Å². The summed E-state index contributed by atoms with van der Waals surface area (Å²) < 4.78 is 15.3. The number of hydrogen-bond acceptors (Lipinski definition) is 3. The molecule has 2 rings (SSSR count). The molecule has 0 spiro atoms. The topological polar surface area (TPSA) is 72.9 Å². The average molecular weight is 377 g/mol. The molecule has 5 nitrogen and oxygen atoms in total. The molecule has 0 saturated carbocycles. The van der Waals surface area contributed by atoms with Gasteiger partial charge in [-0.1, -0.05) is 19.1 Å². The van der Waals surface area contributed by atoms with Crippen LogP contribution in [0.25, 0.3) is 0 Å². The predicted molar refractivity (Wildman–Crippen MR) is 96.9 cm³/mol. The molecule has 0 radical (unpaired) electrons. The summed E-state index contributed by atoms with van der Waals surface area (Å²) >= 11 is 0. The van der Waals surface area contributed by atoms with E-state index in [0.717, 1.165) is 0 Å². The van der Waals surface area contributed by atoms with Gasteiger partial charge in [0.05, 0.1) is 0 Å². The number of hydrogen-bond donors (Lipinski definition) is 2. The van der Waals surface area contributed by atoms with Gasteiger partial charge in [-0.25, -0.2) is 9.37 Å². The molecule has 1 heterocycles. The van der Waals surface area contributed by atoms with Crippen LogP contribution >= 0.6 is 24.8 Å². The van der Waals surface area contributed by atoms with E-state index in [1.54, 1.807) is 42.9 Å². The highest BCUT2D eigenvalue weighted by molar-refractivity contribution is 5.85. The standard InChI is InChI=1S/C16H21FN4O.2ClH/c1-10(11(2)18)16(22)20-14(15-19-7-8-21(15)3)12-5-4-6-13(17)9-12;;/h4-11,14H,18H2,1-3H3,(H,20,22);2*1H. The molecular weight excluding hydrogens is 354 g/mol. The molecule has 3 unspecified atom stereocenters. The van der Waals surface area contributed by atoms with Gasteiger partial charge in [-0.2, -0.15) is 0 Å². The van der Waals surface area contributed by atoms with Crippen molar-refractivity contribution in [2.45, 2.75) is 25.9 Å². The first kappa shape index (κ1) is 22.4. The summed E-state index contributed by atoms with van der Waals surface area (Å²) in [6, 6.07) is 5.35. The summed E-state index contributed by atoms with van der Waals surface area (Å²) in [6.45, 7) is 3.54. The van der Waals surface area contributed by atoms with Crippen LogP contribution in [0.4, 0.5) is 4.39 Å². The largest absolute Gasteiger partial charge is 0.342 e. The van der Waals surface area contributed by atoms with Gasteiger partial charge in [-0.3, -0.25) is 4.79 Å². The Hall–Kier alpha value is -1.63. The number of benzene rings is 1. The number of carbonyl (C=O) groups is 1. The lowest BCUT2D eigenvalue weighted by Gasteiger charge is -2.23. The number of nitrogens with one attached hydrogen (secondary N) is 1. The fourth-order valence-electron chi connectivity index (χ4n) is 2.15. The maximum absolute atomic E-state index is 13.5. The summed E-state index contributed by atoms with van der Waals surface area (Å²) in [5.41, 5.74) is 6.42. The van der Waals surface area contributed by atoms with Crippen molar-refractivity contribution in [2.75, 3.05) is 0 Å². The second-order valence-electron chi connectivity index (χ2n) is 5.54. The van der Waals surface area contributed by atoms with Gasteiger partial charge in [0, 0.05) is 31.4 Å². The van der Waals surface area contributed by atoms with Crippen LogP contribution in [0.5, 0.6) is 0 Å². The number of imidazole rings is 1. The number of aromatic nitrogens is 2. The molecule has 2 aromatic rings. The van der Waals surface area contributed by atoms with Crippen molar-refractivity contribution in [1.29, 1.82) is 0 Å². The molecule has 3 atom stereocenters. The molecule has 1 aromatic heterocycles. The van der Waals surface area contributed by atoms with Gasteiger partial charge in [0.1, 0.15) is 17.7 Å². The Morgan fingerprint density at radius 1 is 1.33 bits per heavy atom. The number of aryl methyl sites for hydroxylation is 1. The minimum atomic E-state index is -0.524. The Kier molecular flexibility index (Phi) is 8.96. The zero-order valence-corrected chi connectivity index (χ0v) is 15.4. The third-order valence-corrected chi connectivity index (χ3v) is 3.79. The Morgan fingerprint density at radius 3 is 2.50 bits per heavy atom. The highest BCUT2D eigenvalue weighted by Crippen LogP contribution is 2.22. The van der Waals surface area contributed by atoms with Crippen molar-refractivity contribution in [2.24, 2.45) is 18.7 Å². The summed E-state index contributed by atoms with van der Waals surface area (Å²) in [5, 5.41) is 2.92. The van der Waals surface area contributed by atoms with E-state index in [-0.39, 0.29) is 48.5 Å². The van der Waals surface area contributed by atoms with Gasteiger partial charge in [0.15, 0.2) is 0 Å². The first-order valence-corrected chi connectivity index (χ1v) is 7.18. The Bertz CT molecular complexity index is 663. The maximum Gasteiger partial charge on any atom is 0.225 e. The zero-order valence-electron chi connectivity index (χ0n) is 13.8. The third-order valence-electron chi connectivity index (χ3n) is 3.79. The SMILES string of the molecule is CC(N)C(C)C(=O)NC(c1cccc(F)c1)c1nccn1C.Cl.Cl. The number of carbonyl (C=O) groups excluding carboxylic acids is 1. The maximum atomic E-state index is 13.5. The van der Waals surface area contributed by atoms with E-state index >= 15 is 0 Å². The van der Waals surface area contributed by atoms with Crippen LogP contribution in [0.2, 0.25) is 0 Å². The van der Waals surface area contributed by atoms with Crippen LogP contribution in [0.3, 0.4) is 0 Å². The molecule has 0 aliphatic rings. The summed E-state index contributed by atoms with van der Waals surface area (Å²) in [7, 11) is 1.83. The van der Waals surface area contributed by atoms with Gasteiger partial charge >= 0.3 is 0 Å². The quantitative estimate of drug-likeness (QED) is 0.841. The van der Waals surface area contributed by atoms with Crippen LogP contribution in [0.1, 0.15) is 31.3 Å². The van der Waals surface area contributed by atoms with Crippen molar-refractivity contribution in [1.82, 2.24) is 14.9 Å². The lowest BCUT2D eigenvalue weighted by molar-refractivity contribution is -0.125. The first-order valence-electron chi connectivity index (χ1n) is 7.18. The van der Waals surface area contributed by atoms with Gasteiger partial charge < -0.3 is 15.6 Å². The molecule has 8 heteroatoms. The molecular formula is C16H23Cl2FN4O. The molecule has 0 bridgehead atoms. The number of nitrogens with two attached hydrogens (primary N) is 1. The van der Waals surface area contributed by atoms with Crippen molar-refractivity contribution in [3.8, 4) is 0 Å². The van der Waals surface area contributed by atoms with Crippen LogP contribution in [-0.2, 0) is 11.8 Å². The van der Waals surface area contributed by atoms with E-state index in [9.17, 15) is 9.18 Å². The van der Waals surface area contributed by atoms with E-state index in [2.05, 4.69) is 10.3 Å². The van der Waals surface area contributed by atoms with Gasteiger partial charge in [-0.15, -0.1) is 24.8 Å². The van der Waals surface area contributed by atoms with Crippen molar-refractivity contribution in [3.05, 3.63) is 53.9 Å². The molecule has 0 aliphatic carbocycles. The normalized spacial score (nSPS) is 13.9. The van der Waals surface area contributed by atoms with Crippen molar-refractivity contribution in [3.63, 3.8) is 0 Å². The molecule has 0 aliphatic heterocycles. The molecule has 1 amide bonds. The van der Waals surface area contributed by atoms with Crippen LogP contribution < -0.4 is 11.1 Å². The molecule has 3 N–H and O–H groups in total. The van der Waals surface area contributed by atoms with Gasteiger partial charge in [-0.05, 0) is 24.6 Å². The van der Waals surface area contributed by atoms with Crippen molar-refractivity contribution < 1.29 is 9.18 Å². The minimum Gasteiger partial charge on any atom is -0.342 e. The summed E-state index contributed by atoms with van der Waals surface area (Å²) in [4.78, 5) is 16.6. The first-order chi connectivity index (χ1) is 10.4. The highest BCUT2D eigenvalue weighted by Gasteiger charge is 2.25. The van der Waals surface area contributed by atoms with Crippen LogP contribution in [0, 0.1) is 11.7 Å². The number of halogens is 3. The molecule has 1 aromatic carbocycles. The van der Waals surface area contributed by atoms with E-state index in [1.807, 2.05) is 7.05 Å². The minimum absolute atomic E-state index is 0. The summed E-state index contributed by atoms with van der Waals surface area (Å²) in [5.74, 6) is -0.259. The van der Waals surface area contributed by atoms with Gasteiger partial charge in [0.25, 0.3) is 0 Å². The molecule has 24 heavy (non-hydrogen) atoms. The zero-order chi connectivity index (χ0) is 16.3. The molecule has 0 fully saturated rings. The van der Waals surface area contributed by atoms with E-state index in [0.29, 0.717) is 11.4 Å². The van der Waals surface area contributed by atoms with Crippen molar-refractivity contribution >= 4 is 30.7 Å². The van der Waals surface area contributed by atoms with Gasteiger partial charge in [0.2, 0.25) is 5.91 Å². The van der Waals surface area contributed by atoms with E-state index in [4.69, 9.17) is 5.73 Å².